The Morgan fingerprint density at radius 1 is 1.27 bits per heavy atom. The van der Waals surface area contributed by atoms with E-state index in [1.54, 1.807) is 0 Å². The van der Waals surface area contributed by atoms with Crippen molar-refractivity contribution in [3.05, 3.63) is 65.7 Å². The molecule has 0 aliphatic carbocycles. The average Bonchev–Trinajstić information content (AvgIpc) is 3.19. The van der Waals surface area contributed by atoms with E-state index in [2.05, 4.69) is 20.5 Å². The minimum atomic E-state index is -0.148. The first-order valence-corrected chi connectivity index (χ1v) is 7.13. The van der Waals surface area contributed by atoms with Crippen LogP contribution in [0.5, 0.6) is 0 Å². The maximum Gasteiger partial charge on any atom is 0.229 e. The lowest BCUT2D eigenvalue weighted by Gasteiger charge is -2.19. The first-order valence-electron chi connectivity index (χ1n) is 6.75. The van der Waals surface area contributed by atoms with Gasteiger partial charge < -0.3 is 4.57 Å². The molecule has 0 spiro atoms. The van der Waals surface area contributed by atoms with Gasteiger partial charge in [-0.1, -0.05) is 23.7 Å². The second-order valence-electron chi connectivity index (χ2n) is 4.78. The summed E-state index contributed by atoms with van der Waals surface area (Å²) in [6.45, 7) is 0. The number of benzene rings is 1. The van der Waals surface area contributed by atoms with E-state index in [9.17, 15) is 4.79 Å². The molecule has 0 bridgehead atoms. The lowest BCUT2D eigenvalue weighted by Crippen LogP contribution is -2.20. The van der Waals surface area contributed by atoms with Gasteiger partial charge in [0.1, 0.15) is 6.33 Å². The number of aromatic nitrogens is 4. The zero-order chi connectivity index (χ0) is 15.4. The number of nitrogens with one attached hydrogen (secondary N) is 2. The number of H-pyrrole nitrogens is 1. The van der Waals surface area contributed by atoms with Crippen LogP contribution in [-0.4, -0.2) is 25.7 Å². The van der Waals surface area contributed by atoms with Crippen molar-refractivity contribution in [1.29, 1.82) is 0 Å². The molecule has 2 N–H and O–H groups in total. The van der Waals surface area contributed by atoms with Crippen LogP contribution >= 0.6 is 11.6 Å². The molecule has 22 heavy (non-hydrogen) atoms. The largest absolute Gasteiger partial charge is 0.346 e. The molecular formula is C15H14ClN5O. The number of hydrogen-bond acceptors (Lipinski definition) is 3. The van der Waals surface area contributed by atoms with Gasteiger partial charge in [0, 0.05) is 17.4 Å². The van der Waals surface area contributed by atoms with Crippen LogP contribution in [-0.2, 0) is 4.79 Å². The third kappa shape index (κ3) is 3.35. The van der Waals surface area contributed by atoms with Crippen LogP contribution in [0.2, 0.25) is 5.02 Å². The van der Waals surface area contributed by atoms with E-state index < -0.39 is 0 Å². The lowest BCUT2D eigenvalue weighted by molar-refractivity contribution is -0.116. The highest BCUT2D eigenvalue weighted by Gasteiger charge is 2.18. The Kier molecular flexibility index (Phi) is 4.20. The maximum absolute atomic E-state index is 12.2. The molecule has 2 heterocycles. The first-order chi connectivity index (χ1) is 10.7. The third-order valence-corrected chi connectivity index (χ3v) is 3.55. The van der Waals surface area contributed by atoms with Crippen molar-refractivity contribution in [1.82, 2.24) is 19.7 Å². The Hall–Kier alpha value is -2.60. The summed E-state index contributed by atoms with van der Waals surface area (Å²) in [5, 5.41) is 9.66. The number of carbonyl (C=O) groups is 1. The maximum atomic E-state index is 12.2. The Balaban J connectivity index is 1.80. The van der Waals surface area contributed by atoms with Crippen LogP contribution in [0, 0.1) is 0 Å². The molecule has 0 aliphatic rings. The molecule has 1 aromatic carbocycles. The van der Waals surface area contributed by atoms with E-state index >= 15 is 0 Å². The zero-order valence-electron chi connectivity index (χ0n) is 11.6. The summed E-state index contributed by atoms with van der Waals surface area (Å²) in [6.07, 6.45) is 5.48. The fourth-order valence-corrected chi connectivity index (χ4v) is 2.39. The van der Waals surface area contributed by atoms with Crippen LogP contribution < -0.4 is 5.32 Å². The summed E-state index contributed by atoms with van der Waals surface area (Å²) in [5.74, 6) is 0.192. The predicted octanol–water partition coefficient (Wildman–Crippen LogP) is 2.88. The molecular weight excluding hydrogens is 302 g/mol. The van der Waals surface area contributed by atoms with Crippen molar-refractivity contribution in [2.24, 2.45) is 0 Å². The van der Waals surface area contributed by atoms with Crippen LogP contribution in [0.4, 0.5) is 5.95 Å². The number of rotatable bonds is 5. The highest BCUT2D eigenvalue weighted by molar-refractivity contribution is 6.30. The topological polar surface area (TPSA) is 75.6 Å². The molecule has 3 rings (SSSR count). The average molecular weight is 316 g/mol. The van der Waals surface area contributed by atoms with Crippen LogP contribution in [0.25, 0.3) is 0 Å². The van der Waals surface area contributed by atoms with E-state index in [1.165, 1.54) is 6.33 Å². The fraction of sp³-hybridized carbons (Fsp3) is 0.133. The number of anilines is 1. The van der Waals surface area contributed by atoms with E-state index in [4.69, 9.17) is 11.6 Å². The van der Waals surface area contributed by atoms with Crippen LogP contribution in [0.1, 0.15) is 18.0 Å². The van der Waals surface area contributed by atoms with Gasteiger partial charge in [0.15, 0.2) is 0 Å². The first kappa shape index (κ1) is 14.3. The number of nitrogens with zero attached hydrogens (tertiary/aromatic N) is 3. The van der Waals surface area contributed by atoms with Crippen LogP contribution in [0.15, 0.2) is 55.1 Å². The van der Waals surface area contributed by atoms with Crippen molar-refractivity contribution >= 4 is 23.5 Å². The Bertz CT molecular complexity index is 722. The summed E-state index contributed by atoms with van der Waals surface area (Å²) in [4.78, 5) is 16.1. The Morgan fingerprint density at radius 3 is 2.64 bits per heavy atom. The quantitative estimate of drug-likeness (QED) is 0.760. The summed E-state index contributed by atoms with van der Waals surface area (Å²) in [6, 6.07) is 11.2. The summed E-state index contributed by atoms with van der Waals surface area (Å²) in [7, 11) is 0. The summed E-state index contributed by atoms with van der Waals surface area (Å²) in [5.41, 5.74) is 1.01. The van der Waals surface area contributed by atoms with Gasteiger partial charge in [-0.2, -0.15) is 10.1 Å². The standard InChI is InChI=1S/C15H14ClN5O/c16-12-5-3-11(4-6-12)13(21-7-1-2-8-21)9-14(22)19-15-17-10-18-20-15/h1-8,10,13H,9H2,(H2,17,18,19,20,22). The molecule has 0 radical (unpaired) electrons. The highest BCUT2D eigenvalue weighted by atomic mass is 35.5. The second kappa shape index (κ2) is 6.44. The molecule has 0 saturated heterocycles. The number of aromatic amines is 1. The smallest absolute Gasteiger partial charge is 0.229 e. The second-order valence-corrected chi connectivity index (χ2v) is 5.22. The number of amides is 1. The van der Waals surface area contributed by atoms with Crippen molar-refractivity contribution in [3.8, 4) is 0 Å². The number of carbonyl (C=O) groups excluding carboxylic acids is 1. The number of halogens is 1. The minimum Gasteiger partial charge on any atom is -0.346 e. The molecule has 0 saturated carbocycles. The van der Waals surface area contributed by atoms with Crippen molar-refractivity contribution in [2.45, 2.75) is 12.5 Å². The molecule has 2 aromatic heterocycles. The van der Waals surface area contributed by atoms with Gasteiger partial charge in [-0.25, -0.2) is 5.10 Å². The predicted molar refractivity (Wildman–Crippen MR) is 83.7 cm³/mol. The van der Waals surface area contributed by atoms with Gasteiger partial charge in [0.05, 0.1) is 12.5 Å². The monoisotopic (exact) mass is 315 g/mol. The molecule has 7 heteroatoms. The molecule has 6 nitrogen and oxygen atoms in total. The SMILES string of the molecule is O=C(CC(c1ccc(Cl)cc1)n1cccc1)Nc1ncn[nH]1. The lowest BCUT2D eigenvalue weighted by atomic mass is 10.0. The van der Waals surface area contributed by atoms with Gasteiger partial charge in [0.2, 0.25) is 11.9 Å². The molecule has 112 valence electrons. The van der Waals surface area contributed by atoms with Crippen molar-refractivity contribution < 1.29 is 4.79 Å². The normalized spacial score (nSPS) is 12.0. The zero-order valence-corrected chi connectivity index (χ0v) is 12.4. The molecule has 0 aliphatic heterocycles. The van der Waals surface area contributed by atoms with E-state index in [-0.39, 0.29) is 18.4 Å². The van der Waals surface area contributed by atoms with Crippen molar-refractivity contribution in [2.75, 3.05) is 5.32 Å². The van der Waals surface area contributed by atoms with Gasteiger partial charge >= 0.3 is 0 Å². The van der Waals surface area contributed by atoms with E-state index in [0.29, 0.717) is 11.0 Å². The summed E-state index contributed by atoms with van der Waals surface area (Å²) < 4.78 is 1.99. The Labute approximate surface area is 132 Å². The van der Waals surface area contributed by atoms with Crippen molar-refractivity contribution in [3.63, 3.8) is 0 Å². The molecule has 1 unspecified atom stereocenters. The summed E-state index contributed by atoms with van der Waals surface area (Å²) >= 11 is 5.94. The number of hydrogen-bond donors (Lipinski definition) is 2. The van der Waals surface area contributed by atoms with Gasteiger partial charge in [-0.15, -0.1) is 0 Å². The third-order valence-electron chi connectivity index (χ3n) is 3.29. The van der Waals surface area contributed by atoms with Gasteiger partial charge in [0.25, 0.3) is 0 Å². The molecule has 3 aromatic rings. The van der Waals surface area contributed by atoms with Crippen LogP contribution in [0.3, 0.4) is 0 Å². The van der Waals surface area contributed by atoms with E-state index in [1.807, 2.05) is 53.4 Å². The van der Waals surface area contributed by atoms with Gasteiger partial charge in [-0.3, -0.25) is 10.1 Å². The molecule has 1 amide bonds. The minimum absolute atomic E-state index is 0.116. The molecule has 0 fully saturated rings. The van der Waals surface area contributed by atoms with E-state index in [0.717, 1.165) is 5.56 Å². The fourth-order valence-electron chi connectivity index (χ4n) is 2.26. The Morgan fingerprint density at radius 2 is 2.00 bits per heavy atom. The molecule has 1 atom stereocenters. The highest BCUT2D eigenvalue weighted by Crippen LogP contribution is 2.24. The van der Waals surface area contributed by atoms with Gasteiger partial charge in [-0.05, 0) is 29.8 Å².